The van der Waals surface area contributed by atoms with Crippen molar-refractivity contribution in [1.82, 2.24) is 0 Å². The van der Waals surface area contributed by atoms with Gasteiger partial charge in [0, 0.05) is 21.7 Å². The molecule has 0 aliphatic heterocycles. The van der Waals surface area contributed by atoms with E-state index in [1.807, 2.05) is 31.2 Å². The lowest BCUT2D eigenvalue weighted by Gasteiger charge is -2.04. The largest absolute Gasteiger partial charge is 0.327 e. The Morgan fingerprint density at radius 3 is 2.92 bits per heavy atom. The van der Waals surface area contributed by atoms with E-state index >= 15 is 0 Å². The first kappa shape index (κ1) is 9.90. The Morgan fingerprint density at radius 2 is 2.33 bits per heavy atom. The number of thioether (sulfide) groups is 1. The van der Waals surface area contributed by atoms with Crippen LogP contribution in [0.15, 0.2) is 29.2 Å². The Bertz CT molecular complexity index is 250. The fourth-order valence-electron chi connectivity index (χ4n) is 0.784. The van der Waals surface area contributed by atoms with Crippen LogP contribution in [0.4, 0.5) is 0 Å². The van der Waals surface area contributed by atoms with Crippen LogP contribution in [-0.4, -0.2) is 11.8 Å². The van der Waals surface area contributed by atoms with Crippen molar-refractivity contribution in [1.29, 1.82) is 0 Å². The number of hydrogen-bond donors (Lipinski definition) is 1. The quantitative estimate of drug-likeness (QED) is 0.762. The molecular weight excluding hydrogens is 190 g/mol. The third-order valence-corrected chi connectivity index (χ3v) is 2.82. The van der Waals surface area contributed by atoms with Gasteiger partial charge in [-0.1, -0.05) is 17.7 Å². The lowest BCUT2D eigenvalue weighted by atomic mass is 10.4. The summed E-state index contributed by atoms with van der Waals surface area (Å²) >= 11 is 7.55. The zero-order chi connectivity index (χ0) is 8.97. The summed E-state index contributed by atoms with van der Waals surface area (Å²) in [5.74, 6) is 0.931. The highest BCUT2D eigenvalue weighted by Crippen LogP contribution is 2.21. The summed E-state index contributed by atoms with van der Waals surface area (Å²) in [7, 11) is 0. The maximum Gasteiger partial charge on any atom is 0.0417 e. The Hall–Kier alpha value is -0.180. The Labute approximate surface area is 82.3 Å². The van der Waals surface area contributed by atoms with Crippen molar-refractivity contribution in [3.63, 3.8) is 0 Å². The normalized spacial score (nSPS) is 12.9. The highest BCUT2D eigenvalue weighted by Gasteiger charge is 1.97. The number of hydrogen-bond acceptors (Lipinski definition) is 2. The van der Waals surface area contributed by atoms with Crippen LogP contribution < -0.4 is 5.73 Å². The number of rotatable bonds is 3. The highest BCUT2D eigenvalue weighted by molar-refractivity contribution is 7.99. The van der Waals surface area contributed by atoms with Gasteiger partial charge in [-0.05, 0) is 25.1 Å². The Kier molecular flexibility index (Phi) is 3.92. The number of nitrogens with two attached hydrogens (primary N) is 1. The maximum absolute atomic E-state index is 5.82. The summed E-state index contributed by atoms with van der Waals surface area (Å²) < 4.78 is 0. The lowest BCUT2D eigenvalue weighted by molar-refractivity contribution is 0.847. The Balaban J connectivity index is 2.52. The molecule has 1 aromatic rings. The average molecular weight is 202 g/mol. The van der Waals surface area contributed by atoms with Gasteiger partial charge in [0.1, 0.15) is 0 Å². The van der Waals surface area contributed by atoms with E-state index in [0.717, 1.165) is 10.8 Å². The van der Waals surface area contributed by atoms with Gasteiger partial charge in [-0.2, -0.15) is 0 Å². The Morgan fingerprint density at radius 1 is 1.58 bits per heavy atom. The summed E-state index contributed by atoms with van der Waals surface area (Å²) in [6.45, 7) is 2.00. The van der Waals surface area contributed by atoms with Gasteiger partial charge < -0.3 is 5.73 Å². The van der Waals surface area contributed by atoms with Crippen LogP contribution in [0.25, 0.3) is 0 Å². The molecular formula is C9H12ClNS. The van der Waals surface area contributed by atoms with E-state index in [4.69, 9.17) is 17.3 Å². The average Bonchev–Trinajstić information content (AvgIpc) is 2.01. The third-order valence-electron chi connectivity index (χ3n) is 1.31. The first-order valence-corrected chi connectivity index (χ1v) is 5.19. The highest BCUT2D eigenvalue weighted by atomic mass is 35.5. The van der Waals surface area contributed by atoms with Crippen LogP contribution in [0.1, 0.15) is 6.92 Å². The number of halogens is 1. The van der Waals surface area contributed by atoms with Gasteiger partial charge in [-0.25, -0.2) is 0 Å². The first-order valence-electron chi connectivity index (χ1n) is 3.82. The van der Waals surface area contributed by atoms with E-state index in [1.54, 1.807) is 11.8 Å². The molecule has 0 fully saturated rings. The van der Waals surface area contributed by atoms with E-state index in [-0.39, 0.29) is 6.04 Å². The molecule has 1 atom stereocenters. The molecule has 3 heteroatoms. The van der Waals surface area contributed by atoms with Crippen LogP contribution in [0, 0.1) is 0 Å². The van der Waals surface area contributed by atoms with Crippen molar-refractivity contribution in [2.45, 2.75) is 17.9 Å². The SMILES string of the molecule is CC(N)CSc1cccc(Cl)c1. The predicted octanol–water partition coefficient (Wildman–Crippen LogP) is 2.78. The van der Waals surface area contributed by atoms with Crippen molar-refractivity contribution < 1.29 is 0 Å². The molecule has 1 rings (SSSR count). The second kappa shape index (κ2) is 4.75. The van der Waals surface area contributed by atoms with Gasteiger partial charge in [0.05, 0.1) is 0 Å². The van der Waals surface area contributed by atoms with Crippen molar-refractivity contribution in [2.24, 2.45) is 5.73 Å². The van der Waals surface area contributed by atoms with E-state index < -0.39 is 0 Å². The zero-order valence-electron chi connectivity index (χ0n) is 6.96. The molecule has 66 valence electrons. The topological polar surface area (TPSA) is 26.0 Å². The second-order valence-electron chi connectivity index (χ2n) is 2.75. The molecule has 0 amide bonds. The minimum absolute atomic E-state index is 0.231. The molecule has 0 spiro atoms. The summed E-state index contributed by atoms with van der Waals surface area (Å²) in [5.41, 5.74) is 5.62. The van der Waals surface area contributed by atoms with E-state index in [0.29, 0.717) is 0 Å². The third kappa shape index (κ3) is 3.48. The molecule has 0 heterocycles. The van der Waals surface area contributed by atoms with Crippen LogP contribution >= 0.6 is 23.4 Å². The molecule has 1 aromatic carbocycles. The van der Waals surface area contributed by atoms with Gasteiger partial charge in [0.15, 0.2) is 0 Å². The van der Waals surface area contributed by atoms with Gasteiger partial charge in [0.2, 0.25) is 0 Å². The van der Waals surface area contributed by atoms with Crippen LogP contribution in [-0.2, 0) is 0 Å². The fraction of sp³-hybridized carbons (Fsp3) is 0.333. The monoisotopic (exact) mass is 201 g/mol. The van der Waals surface area contributed by atoms with Crippen molar-refractivity contribution in [3.8, 4) is 0 Å². The van der Waals surface area contributed by atoms with Crippen LogP contribution in [0.2, 0.25) is 5.02 Å². The molecule has 12 heavy (non-hydrogen) atoms. The molecule has 0 saturated carbocycles. The number of benzene rings is 1. The van der Waals surface area contributed by atoms with E-state index in [9.17, 15) is 0 Å². The maximum atomic E-state index is 5.82. The van der Waals surface area contributed by atoms with Crippen molar-refractivity contribution >= 4 is 23.4 Å². The molecule has 0 aliphatic carbocycles. The molecule has 0 aliphatic rings. The van der Waals surface area contributed by atoms with Crippen LogP contribution in [0.5, 0.6) is 0 Å². The summed E-state index contributed by atoms with van der Waals surface area (Å²) in [4.78, 5) is 1.18. The smallest absolute Gasteiger partial charge is 0.0417 e. The summed E-state index contributed by atoms with van der Waals surface area (Å²) in [6.07, 6.45) is 0. The van der Waals surface area contributed by atoms with Crippen molar-refractivity contribution in [3.05, 3.63) is 29.3 Å². The van der Waals surface area contributed by atoms with Crippen molar-refractivity contribution in [2.75, 3.05) is 5.75 Å². The molecule has 1 unspecified atom stereocenters. The fourth-order valence-corrected chi connectivity index (χ4v) is 1.88. The van der Waals surface area contributed by atoms with Crippen LogP contribution in [0.3, 0.4) is 0 Å². The molecule has 0 bridgehead atoms. The predicted molar refractivity (Wildman–Crippen MR) is 55.8 cm³/mol. The molecule has 0 saturated heterocycles. The first-order chi connectivity index (χ1) is 5.68. The summed E-state index contributed by atoms with van der Waals surface area (Å²) in [5, 5.41) is 0.782. The summed E-state index contributed by atoms with van der Waals surface area (Å²) in [6, 6.07) is 8.05. The van der Waals surface area contributed by atoms with E-state index in [1.165, 1.54) is 4.90 Å². The lowest BCUT2D eigenvalue weighted by Crippen LogP contribution is -2.17. The minimum Gasteiger partial charge on any atom is -0.327 e. The second-order valence-corrected chi connectivity index (χ2v) is 4.28. The molecule has 0 aromatic heterocycles. The van der Waals surface area contributed by atoms with E-state index in [2.05, 4.69) is 0 Å². The van der Waals surface area contributed by atoms with Gasteiger partial charge in [-0.15, -0.1) is 11.8 Å². The standard InChI is InChI=1S/C9H12ClNS/c1-7(11)6-12-9-4-2-3-8(10)5-9/h2-5,7H,6,11H2,1H3. The molecule has 0 radical (unpaired) electrons. The van der Waals surface area contributed by atoms with Gasteiger partial charge in [-0.3, -0.25) is 0 Å². The zero-order valence-corrected chi connectivity index (χ0v) is 8.53. The van der Waals surface area contributed by atoms with Gasteiger partial charge >= 0.3 is 0 Å². The molecule has 1 nitrogen and oxygen atoms in total. The molecule has 2 N–H and O–H groups in total. The van der Waals surface area contributed by atoms with Gasteiger partial charge in [0.25, 0.3) is 0 Å². The minimum atomic E-state index is 0.231.